The number of rotatable bonds is 2. The molecule has 0 unspecified atom stereocenters. The van der Waals surface area contributed by atoms with E-state index in [1.807, 2.05) is 19.0 Å². The number of carbonyl (C=O) groups is 1. The van der Waals surface area contributed by atoms with Crippen LogP contribution in [0.25, 0.3) is 0 Å². The van der Waals surface area contributed by atoms with Crippen LogP contribution in [0.4, 0.5) is 5.82 Å². The first-order valence-corrected chi connectivity index (χ1v) is 3.89. The summed E-state index contributed by atoms with van der Waals surface area (Å²) < 4.78 is 1.57. The molecule has 0 radical (unpaired) electrons. The van der Waals surface area contributed by atoms with Gasteiger partial charge in [-0.05, 0) is 6.92 Å². The van der Waals surface area contributed by atoms with Crippen LogP contribution >= 0.6 is 0 Å². The lowest BCUT2D eigenvalue weighted by Gasteiger charge is -2.12. The van der Waals surface area contributed by atoms with Crippen molar-refractivity contribution in [2.24, 2.45) is 7.05 Å². The number of carboxylic acids is 1. The molecule has 0 fully saturated rings. The normalized spacial score (nSPS) is 10.2. The largest absolute Gasteiger partial charge is 0.476 e. The van der Waals surface area contributed by atoms with Crippen LogP contribution in [-0.2, 0) is 7.05 Å². The second-order valence-electron chi connectivity index (χ2n) is 3.12. The lowest BCUT2D eigenvalue weighted by molar-refractivity contribution is 0.0689. The summed E-state index contributed by atoms with van der Waals surface area (Å²) in [5, 5.41) is 12.7. The molecule has 0 amide bonds. The van der Waals surface area contributed by atoms with Gasteiger partial charge in [0.15, 0.2) is 5.69 Å². The van der Waals surface area contributed by atoms with Crippen LogP contribution in [0, 0.1) is 6.92 Å². The summed E-state index contributed by atoms with van der Waals surface area (Å²) in [5.41, 5.74) is 0.811. The fraction of sp³-hybridized carbons (Fsp3) is 0.500. The Morgan fingerprint density at radius 3 is 2.31 bits per heavy atom. The molecule has 0 aromatic carbocycles. The Balaban J connectivity index is 3.30. The van der Waals surface area contributed by atoms with Gasteiger partial charge >= 0.3 is 5.97 Å². The summed E-state index contributed by atoms with van der Waals surface area (Å²) in [5.74, 6) is -0.168. The molecule has 0 saturated heterocycles. The summed E-state index contributed by atoms with van der Waals surface area (Å²) >= 11 is 0. The molecule has 5 heteroatoms. The van der Waals surface area contributed by atoms with Crippen LogP contribution in [0.3, 0.4) is 0 Å². The Bertz CT molecular complexity index is 341. The molecule has 72 valence electrons. The maximum Gasteiger partial charge on any atom is 0.356 e. The van der Waals surface area contributed by atoms with E-state index < -0.39 is 5.97 Å². The summed E-state index contributed by atoms with van der Waals surface area (Å²) in [6.07, 6.45) is 0. The van der Waals surface area contributed by atoms with Crippen molar-refractivity contribution in [1.82, 2.24) is 9.78 Å². The van der Waals surface area contributed by atoms with Gasteiger partial charge in [-0.25, -0.2) is 4.79 Å². The molecule has 0 aliphatic rings. The molecule has 13 heavy (non-hydrogen) atoms. The molecular formula is C8H13N3O2. The predicted molar refractivity (Wildman–Crippen MR) is 49.2 cm³/mol. The summed E-state index contributed by atoms with van der Waals surface area (Å²) in [6, 6.07) is 0. The predicted octanol–water partition coefficient (Wildman–Crippen LogP) is 0.493. The molecule has 0 aliphatic carbocycles. The fourth-order valence-corrected chi connectivity index (χ4v) is 1.45. The van der Waals surface area contributed by atoms with Crippen molar-refractivity contribution in [3.8, 4) is 0 Å². The molecule has 1 rings (SSSR count). The number of aryl methyl sites for hydroxylation is 1. The third-order valence-electron chi connectivity index (χ3n) is 1.87. The highest BCUT2D eigenvalue weighted by Gasteiger charge is 2.18. The molecule has 0 spiro atoms. The topological polar surface area (TPSA) is 58.4 Å². The van der Waals surface area contributed by atoms with E-state index in [0.717, 1.165) is 5.82 Å². The monoisotopic (exact) mass is 183 g/mol. The maximum atomic E-state index is 10.7. The smallest absolute Gasteiger partial charge is 0.356 e. The number of nitrogens with zero attached hydrogens (tertiary/aromatic N) is 3. The minimum absolute atomic E-state index is 0.117. The summed E-state index contributed by atoms with van der Waals surface area (Å²) in [7, 11) is 5.44. The van der Waals surface area contributed by atoms with E-state index in [4.69, 9.17) is 5.11 Å². The van der Waals surface area contributed by atoms with Crippen LogP contribution in [0.2, 0.25) is 0 Å². The number of aromatic carboxylic acids is 1. The van der Waals surface area contributed by atoms with E-state index in [-0.39, 0.29) is 5.69 Å². The highest BCUT2D eigenvalue weighted by Crippen LogP contribution is 2.19. The standard InChI is InChI=1S/C8H13N3O2/c1-5-6(8(12)13)9-11(4)7(5)10(2)3/h1-4H3,(H,12,13). The number of carboxylic acid groups (broad SMARTS) is 1. The Labute approximate surface area is 76.6 Å². The van der Waals surface area contributed by atoms with Gasteiger partial charge in [0.1, 0.15) is 5.82 Å². The molecule has 0 aliphatic heterocycles. The van der Waals surface area contributed by atoms with Crippen LogP contribution in [-0.4, -0.2) is 35.0 Å². The van der Waals surface area contributed by atoms with Crippen molar-refractivity contribution in [2.45, 2.75) is 6.92 Å². The van der Waals surface area contributed by atoms with Gasteiger partial charge in [-0.1, -0.05) is 0 Å². The van der Waals surface area contributed by atoms with Gasteiger partial charge in [-0.3, -0.25) is 4.68 Å². The SMILES string of the molecule is Cc1c(C(=O)O)nn(C)c1N(C)C. The van der Waals surface area contributed by atoms with Gasteiger partial charge in [-0.2, -0.15) is 5.10 Å². The van der Waals surface area contributed by atoms with Crippen molar-refractivity contribution in [3.63, 3.8) is 0 Å². The molecule has 1 heterocycles. The first-order chi connectivity index (χ1) is 5.95. The third kappa shape index (κ3) is 1.49. The summed E-state index contributed by atoms with van der Waals surface area (Å²) in [6.45, 7) is 1.76. The van der Waals surface area contributed by atoms with Gasteiger partial charge in [0.05, 0.1) is 0 Å². The Morgan fingerprint density at radius 2 is 2.08 bits per heavy atom. The molecule has 5 nitrogen and oxygen atoms in total. The number of anilines is 1. The van der Waals surface area contributed by atoms with E-state index >= 15 is 0 Å². The highest BCUT2D eigenvalue weighted by molar-refractivity contribution is 5.88. The van der Waals surface area contributed by atoms with Crippen molar-refractivity contribution in [1.29, 1.82) is 0 Å². The van der Waals surface area contributed by atoms with Gasteiger partial charge in [0, 0.05) is 26.7 Å². The average Bonchev–Trinajstić information content (AvgIpc) is 2.26. The van der Waals surface area contributed by atoms with Crippen molar-refractivity contribution in [3.05, 3.63) is 11.3 Å². The Kier molecular flexibility index (Phi) is 2.27. The highest BCUT2D eigenvalue weighted by atomic mass is 16.4. The number of hydrogen-bond donors (Lipinski definition) is 1. The molecular weight excluding hydrogens is 170 g/mol. The second-order valence-corrected chi connectivity index (χ2v) is 3.12. The van der Waals surface area contributed by atoms with Gasteiger partial charge in [0.25, 0.3) is 0 Å². The summed E-state index contributed by atoms with van der Waals surface area (Å²) in [4.78, 5) is 12.6. The van der Waals surface area contributed by atoms with Crippen LogP contribution in [0.5, 0.6) is 0 Å². The molecule has 1 N–H and O–H groups in total. The zero-order chi connectivity index (χ0) is 10.2. The van der Waals surface area contributed by atoms with Crippen LogP contribution < -0.4 is 4.90 Å². The fourth-order valence-electron chi connectivity index (χ4n) is 1.45. The lowest BCUT2D eigenvalue weighted by Crippen LogP contribution is -2.14. The van der Waals surface area contributed by atoms with Crippen molar-refractivity contribution >= 4 is 11.8 Å². The second kappa shape index (κ2) is 3.08. The van der Waals surface area contributed by atoms with E-state index in [2.05, 4.69) is 5.10 Å². The third-order valence-corrected chi connectivity index (χ3v) is 1.87. The first kappa shape index (κ1) is 9.57. The van der Waals surface area contributed by atoms with Crippen LogP contribution in [0.15, 0.2) is 0 Å². The average molecular weight is 183 g/mol. The Hall–Kier alpha value is -1.52. The Morgan fingerprint density at radius 1 is 1.54 bits per heavy atom. The number of hydrogen-bond acceptors (Lipinski definition) is 3. The lowest BCUT2D eigenvalue weighted by atomic mass is 10.2. The van der Waals surface area contributed by atoms with Gasteiger partial charge in [-0.15, -0.1) is 0 Å². The maximum absolute atomic E-state index is 10.7. The minimum Gasteiger partial charge on any atom is -0.476 e. The van der Waals surface area contributed by atoms with Gasteiger partial charge in [0.2, 0.25) is 0 Å². The minimum atomic E-state index is -0.985. The van der Waals surface area contributed by atoms with E-state index in [0.29, 0.717) is 5.56 Å². The zero-order valence-corrected chi connectivity index (χ0v) is 8.20. The van der Waals surface area contributed by atoms with Crippen molar-refractivity contribution < 1.29 is 9.90 Å². The van der Waals surface area contributed by atoms with Crippen molar-refractivity contribution in [2.75, 3.05) is 19.0 Å². The quantitative estimate of drug-likeness (QED) is 0.725. The molecule has 0 bridgehead atoms. The first-order valence-electron chi connectivity index (χ1n) is 3.89. The zero-order valence-electron chi connectivity index (χ0n) is 8.20. The van der Waals surface area contributed by atoms with E-state index in [9.17, 15) is 4.79 Å². The number of aromatic nitrogens is 2. The van der Waals surface area contributed by atoms with E-state index in [1.54, 1.807) is 18.7 Å². The van der Waals surface area contributed by atoms with Crippen LogP contribution in [0.1, 0.15) is 16.1 Å². The van der Waals surface area contributed by atoms with E-state index in [1.165, 1.54) is 0 Å². The molecule has 0 saturated carbocycles. The molecule has 1 aromatic heterocycles. The molecule has 0 atom stereocenters. The van der Waals surface area contributed by atoms with Gasteiger partial charge < -0.3 is 10.0 Å². The molecule has 1 aromatic rings.